The van der Waals surface area contributed by atoms with Crippen LogP contribution in [0.3, 0.4) is 0 Å². The van der Waals surface area contributed by atoms with Crippen molar-refractivity contribution in [2.45, 2.75) is 55.7 Å². The summed E-state index contributed by atoms with van der Waals surface area (Å²) in [6.45, 7) is 5.47. The van der Waals surface area contributed by atoms with Gasteiger partial charge in [-0.3, -0.25) is 4.21 Å². The first-order chi connectivity index (χ1) is 9.63. The van der Waals surface area contributed by atoms with E-state index >= 15 is 0 Å². The second-order valence-corrected chi connectivity index (χ2v) is 8.24. The number of hydrogen-bond acceptors (Lipinski definition) is 2. The highest BCUT2D eigenvalue weighted by Gasteiger charge is 2.33. The Kier molecular flexibility index (Phi) is 6.24. The molecule has 0 saturated heterocycles. The molecule has 1 aliphatic carbocycles. The second kappa shape index (κ2) is 7.71. The van der Waals surface area contributed by atoms with Crippen molar-refractivity contribution in [3.8, 4) is 0 Å². The summed E-state index contributed by atoms with van der Waals surface area (Å²) < 4.78 is 13.9. The van der Waals surface area contributed by atoms with Crippen LogP contribution in [0, 0.1) is 5.92 Å². The summed E-state index contributed by atoms with van der Waals surface area (Å²) in [5.41, 5.74) is 0. The van der Waals surface area contributed by atoms with Crippen molar-refractivity contribution in [1.82, 2.24) is 5.32 Å². The predicted molar refractivity (Wildman–Crippen MR) is 89.4 cm³/mol. The normalized spacial score (nSPS) is 28.2. The highest BCUT2D eigenvalue weighted by Crippen LogP contribution is 2.32. The lowest BCUT2D eigenvalue weighted by Gasteiger charge is -2.35. The standard InChI is InChI=1S/C16H24BrNOS/c1-3-10-18-14-9-8-12(2)11-16(14)20(19)15-7-5-4-6-13(15)17/h4-7,12,14,16,18H,3,8-11H2,1-2H3. The molecule has 1 N–H and O–H groups in total. The number of hydrogen-bond donors (Lipinski definition) is 1. The maximum atomic E-state index is 13.0. The average Bonchev–Trinajstić information content (AvgIpc) is 2.46. The van der Waals surface area contributed by atoms with E-state index in [1.807, 2.05) is 24.3 Å². The summed E-state index contributed by atoms with van der Waals surface area (Å²) in [6, 6.07) is 8.29. The molecular weight excluding hydrogens is 334 g/mol. The minimum Gasteiger partial charge on any atom is -0.313 e. The zero-order valence-corrected chi connectivity index (χ0v) is 14.7. The van der Waals surface area contributed by atoms with E-state index < -0.39 is 10.8 Å². The topological polar surface area (TPSA) is 29.1 Å². The minimum absolute atomic E-state index is 0.226. The zero-order chi connectivity index (χ0) is 14.5. The zero-order valence-electron chi connectivity index (χ0n) is 12.3. The highest BCUT2D eigenvalue weighted by molar-refractivity contribution is 9.10. The first kappa shape index (κ1) is 16.2. The molecule has 112 valence electrons. The van der Waals surface area contributed by atoms with Crippen molar-refractivity contribution in [3.63, 3.8) is 0 Å². The molecule has 2 rings (SSSR count). The molecule has 0 amide bonds. The van der Waals surface area contributed by atoms with Crippen LogP contribution in [0.25, 0.3) is 0 Å². The smallest absolute Gasteiger partial charge is 0.0588 e. The molecule has 1 fully saturated rings. The van der Waals surface area contributed by atoms with E-state index in [-0.39, 0.29) is 5.25 Å². The van der Waals surface area contributed by atoms with Crippen LogP contribution in [0.5, 0.6) is 0 Å². The van der Waals surface area contributed by atoms with Crippen molar-refractivity contribution in [1.29, 1.82) is 0 Å². The molecule has 0 radical (unpaired) electrons. The summed E-state index contributed by atoms with van der Waals surface area (Å²) in [4.78, 5) is 0.940. The van der Waals surface area contributed by atoms with Gasteiger partial charge in [0.1, 0.15) is 0 Å². The molecule has 0 bridgehead atoms. The van der Waals surface area contributed by atoms with E-state index in [0.717, 1.165) is 35.2 Å². The molecule has 4 heteroatoms. The fourth-order valence-electron chi connectivity index (χ4n) is 2.90. The molecule has 4 atom stereocenters. The van der Waals surface area contributed by atoms with Gasteiger partial charge in [-0.1, -0.05) is 26.0 Å². The largest absolute Gasteiger partial charge is 0.313 e. The molecule has 1 aliphatic rings. The Morgan fingerprint density at radius 1 is 1.35 bits per heavy atom. The lowest BCUT2D eigenvalue weighted by Crippen LogP contribution is -2.46. The summed E-state index contributed by atoms with van der Waals surface area (Å²) in [5, 5.41) is 3.83. The number of rotatable bonds is 5. The van der Waals surface area contributed by atoms with Crippen LogP contribution in [-0.4, -0.2) is 22.0 Å². The van der Waals surface area contributed by atoms with E-state index in [1.165, 1.54) is 6.42 Å². The molecule has 4 unspecified atom stereocenters. The quantitative estimate of drug-likeness (QED) is 0.858. The van der Waals surface area contributed by atoms with Crippen LogP contribution in [0.2, 0.25) is 0 Å². The second-order valence-electron chi connectivity index (χ2n) is 5.75. The molecule has 0 aliphatic heterocycles. The minimum atomic E-state index is -0.945. The van der Waals surface area contributed by atoms with Crippen molar-refractivity contribution in [2.75, 3.05) is 6.54 Å². The Labute approximate surface area is 133 Å². The van der Waals surface area contributed by atoms with Crippen molar-refractivity contribution >= 4 is 26.7 Å². The van der Waals surface area contributed by atoms with E-state index in [4.69, 9.17) is 0 Å². The Hall–Kier alpha value is -0.190. The molecule has 0 spiro atoms. The third-order valence-electron chi connectivity index (χ3n) is 4.04. The lowest BCUT2D eigenvalue weighted by atomic mass is 9.87. The van der Waals surface area contributed by atoms with Gasteiger partial charge in [0.2, 0.25) is 0 Å². The fraction of sp³-hybridized carbons (Fsp3) is 0.625. The van der Waals surface area contributed by atoms with E-state index in [0.29, 0.717) is 12.0 Å². The molecule has 1 aromatic rings. The van der Waals surface area contributed by atoms with Gasteiger partial charge in [0, 0.05) is 10.5 Å². The van der Waals surface area contributed by atoms with Crippen molar-refractivity contribution in [2.24, 2.45) is 5.92 Å². The van der Waals surface area contributed by atoms with Gasteiger partial charge in [-0.25, -0.2) is 0 Å². The van der Waals surface area contributed by atoms with Gasteiger partial charge in [-0.15, -0.1) is 0 Å². The molecule has 2 nitrogen and oxygen atoms in total. The molecular formula is C16H24BrNOS. The van der Waals surface area contributed by atoms with Crippen LogP contribution in [0.15, 0.2) is 33.6 Å². The third kappa shape index (κ3) is 3.92. The van der Waals surface area contributed by atoms with Gasteiger partial charge in [0.15, 0.2) is 0 Å². The highest BCUT2D eigenvalue weighted by atomic mass is 79.9. The summed E-state index contributed by atoms with van der Waals surface area (Å²) in [5.74, 6) is 0.672. The SMILES string of the molecule is CCCNC1CCC(C)CC1S(=O)c1ccccc1Br. The van der Waals surface area contributed by atoms with E-state index in [2.05, 4.69) is 35.1 Å². The third-order valence-corrected chi connectivity index (χ3v) is 6.85. The van der Waals surface area contributed by atoms with Crippen LogP contribution in [-0.2, 0) is 10.8 Å². The first-order valence-electron chi connectivity index (χ1n) is 7.52. The van der Waals surface area contributed by atoms with Crippen LogP contribution < -0.4 is 5.32 Å². The molecule has 1 aromatic carbocycles. The monoisotopic (exact) mass is 357 g/mol. The molecule has 1 saturated carbocycles. The van der Waals surface area contributed by atoms with Gasteiger partial charge in [-0.2, -0.15) is 0 Å². The molecule has 20 heavy (non-hydrogen) atoms. The van der Waals surface area contributed by atoms with Crippen LogP contribution >= 0.6 is 15.9 Å². The number of halogens is 1. The van der Waals surface area contributed by atoms with Gasteiger partial charge in [-0.05, 0) is 66.2 Å². The predicted octanol–water partition coefficient (Wildman–Crippen LogP) is 4.11. The van der Waals surface area contributed by atoms with Crippen molar-refractivity contribution in [3.05, 3.63) is 28.7 Å². The summed E-state index contributed by atoms with van der Waals surface area (Å²) in [6.07, 6.45) is 4.56. The number of benzene rings is 1. The van der Waals surface area contributed by atoms with Gasteiger partial charge in [0.05, 0.1) is 20.9 Å². The van der Waals surface area contributed by atoms with Gasteiger partial charge < -0.3 is 5.32 Å². The maximum absolute atomic E-state index is 13.0. The van der Waals surface area contributed by atoms with E-state index in [9.17, 15) is 4.21 Å². The van der Waals surface area contributed by atoms with E-state index in [1.54, 1.807) is 0 Å². The summed E-state index contributed by atoms with van der Waals surface area (Å²) in [7, 11) is -0.945. The fourth-order valence-corrected chi connectivity index (χ4v) is 5.50. The maximum Gasteiger partial charge on any atom is 0.0588 e. The van der Waals surface area contributed by atoms with Crippen molar-refractivity contribution < 1.29 is 4.21 Å². The first-order valence-corrected chi connectivity index (χ1v) is 9.52. The lowest BCUT2D eigenvalue weighted by molar-refractivity contribution is 0.313. The van der Waals surface area contributed by atoms with Gasteiger partial charge in [0.25, 0.3) is 0 Å². The van der Waals surface area contributed by atoms with Crippen LogP contribution in [0.1, 0.15) is 39.5 Å². The molecule has 0 heterocycles. The van der Waals surface area contributed by atoms with Gasteiger partial charge >= 0.3 is 0 Å². The number of nitrogens with one attached hydrogen (secondary N) is 1. The Morgan fingerprint density at radius 2 is 2.10 bits per heavy atom. The Morgan fingerprint density at radius 3 is 2.80 bits per heavy atom. The Bertz CT molecular complexity index is 464. The molecule has 0 aromatic heterocycles. The average molecular weight is 358 g/mol. The van der Waals surface area contributed by atoms with Crippen LogP contribution in [0.4, 0.5) is 0 Å². The Balaban J connectivity index is 2.17. The summed E-state index contributed by atoms with van der Waals surface area (Å²) >= 11 is 3.54.